The largest absolute Gasteiger partial charge is 0.394 e. The number of ether oxygens (including phenoxy) is 3. The third kappa shape index (κ3) is 3.23. The molecule has 0 aromatic rings. The van der Waals surface area contributed by atoms with Gasteiger partial charge < -0.3 is 55.1 Å². The van der Waals surface area contributed by atoms with E-state index in [1.807, 2.05) is 0 Å². The lowest BCUT2D eigenvalue weighted by Gasteiger charge is -2.43. The maximum Gasteiger partial charge on any atom is 0.224 e. The molecule has 0 bridgehead atoms. The van der Waals surface area contributed by atoms with Gasteiger partial charge in [0.25, 0.3) is 0 Å². The minimum Gasteiger partial charge on any atom is -0.394 e. The van der Waals surface area contributed by atoms with Crippen molar-refractivity contribution in [3.05, 3.63) is 0 Å². The van der Waals surface area contributed by atoms with E-state index in [1.54, 1.807) is 0 Å². The van der Waals surface area contributed by atoms with Gasteiger partial charge in [0.2, 0.25) is 5.79 Å². The average Bonchev–Trinajstić information content (AvgIpc) is 2.80. The molecule has 9 atom stereocenters. The molecule has 0 radical (unpaired) electrons. The monoisotopic (exact) mass is 342 g/mol. The summed E-state index contributed by atoms with van der Waals surface area (Å²) in [7, 11) is 0. The van der Waals surface area contributed by atoms with Gasteiger partial charge in [-0.05, 0) is 0 Å². The van der Waals surface area contributed by atoms with Crippen LogP contribution in [0.5, 0.6) is 0 Å². The topological polar surface area (TPSA) is 190 Å². The first-order valence-electron chi connectivity index (χ1n) is 7.05. The lowest BCUT2D eigenvalue weighted by Crippen LogP contribution is -2.62. The van der Waals surface area contributed by atoms with E-state index in [9.17, 15) is 30.6 Å². The van der Waals surface area contributed by atoms with Crippen LogP contribution in [0.2, 0.25) is 0 Å². The van der Waals surface area contributed by atoms with Gasteiger partial charge in [0.15, 0.2) is 6.29 Å². The second kappa shape index (κ2) is 7.21. The zero-order chi connectivity index (χ0) is 17.4. The molecule has 8 N–H and O–H groups in total. The zero-order valence-corrected chi connectivity index (χ0v) is 12.0. The molecular formula is C12H22O11. The Labute approximate surface area is 130 Å². The SMILES string of the molecule is OC[C@@H]1O[C@@H](O[C@]2(CO)O[C@H](CO)[C@@H](O)[C@@H]2O)[C@@H](O)[C@H](O)[C@@H]1O. The number of rotatable bonds is 5. The van der Waals surface area contributed by atoms with E-state index < -0.39 is 74.6 Å². The third-order valence-corrected chi connectivity index (χ3v) is 4.07. The first kappa shape index (κ1) is 18.9. The van der Waals surface area contributed by atoms with Crippen molar-refractivity contribution in [3.63, 3.8) is 0 Å². The second-order valence-electron chi connectivity index (χ2n) is 5.56. The highest BCUT2D eigenvalue weighted by atomic mass is 16.8. The molecular weight excluding hydrogens is 320 g/mol. The van der Waals surface area contributed by atoms with Crippen molar-refractivity contribution in [2.75, 3.05) is 19.8 Å². The Balaban J connectivity index is 2.18. The minimum atomic E-state index is -2.22. The molecule has 11 heteroatoms. The molecule has 11 nitrogen and oxygen atoms in total. The van der Waals surface area contributed by atoms with Gasteiger partial charge in [0.1, 0.15) is 49.3 Å². The zero-order valence-electron chi connectivity index (χ0n) is 12.0. The smallest absolute Gasteiger partial charge is 0.224 e. The molecule has 2 rings (SSSR count). The van der Waals surface area contributed by atoms with Crippen LogP contribution in [0.4, 0.5) is 0 Å². The van der Waals surface area contributed by atoms with Crippen molar-refractivity contribution in [1.29, 1.82) is 0 Å². The summed E-state index contributed by atoms with van der Waals surface area (Å²) in [6.45, 7) is -2.32. The molecule has 2 fully saturated rings. The minimum absolute atomic E-state index is 0.669. The van der Waals surface area contributed by atoms with E-state index in [1.165, 1.54) is 0 Å². The number of aliphatic hydroxyl groups is 8. The molecule has 0 aromatic heterocycles. The second-order valence-corrected chi connectivity index (χ2v) is 5.56. The van der Waals surface area contributed by atoms with Crippen LogP contribution in [0.25, 0.3) is 0 Å². The quantitative estimate of drug-likeness (QED) is 0.238. The van der Waals surface area contributed by atoms with E-state index in [-0.39, 0.29) is 0 Å². The number of hydrogen-bond donors (Lipinski definition) is 8. The summed E-state index contributed by atoms with van der Waals surface area (Å²) in [6.07, 6.45) is -12.7. The van der Waals surface area contributed by atoms with E-state index in [2.05, 4.69) is 0 Å². The van der Waals surface area contributed by atoms with Crippen molar-refractivity contribution in [1.82, 2.24) is 0 Å². The summed E-state index contributed by atoms with van der Waals surface area (Å²) in [5.41, 5.74) is 0. The maximum atomic E-state index is 10.00. The van der Waals surface area contributed by atoms with E-state index >= 15 is 0 Å². The molecule has 0 amide bonds. The Morgan fingerprint density at radius 1 is 0.783 bits per heavy atom. The molecule has 136 valence electrons. The van der Waals surface area contributed by atoms with Crippen molar-refractivity contribution in [3.8, 4) is 0 Å². The first-order valence-corrected chi connectivity index (χ1v) is 7.05. The Morgan fingerprint density at radius 2 is 1.39 bits per heavy atom. The number of hydrogen-bond acceptors (Lipinski definition) is 11. The van der Waals surface area contributed by atoms with Gasteiger partial charge in [-0.1, -0.05) is 0 Å². The van der Waals surface area contributed by atoms with Gasteiger partial charge in [0, 0.05) is 0 Å². The fourth-order valence-electron chi connectivity index (χ4n) is 2.63. The van der Waals surface area contributed by atoms with Gasteiger partial charge >= 0.3 is 0 Å². The summed E-state index contributed by atoms with van der Waals surface area (Å²) in [6, 6.07) is 0. The summed E-state index contributed by atoms with van der Waals surface area (Å²) < 4.78 is 15.4. The van der Waals surface area contributed by atoms with Gasteiger partial charge in [-0.3, -0.25) is 0 Å². The van der Waals surface area contributed by atoms with E-state index in [4.69, 9.17) is 24.4 Å². The van der Waals surface area contributed by atoms with Crippen LogP contribution in [-0.2, 0) is 14.2 Å². The fraction of sp³-hybridized carbons (Fsp3) is 1.00. The van der Waals surface area contributed by atoms with Gasteiger partial charge in [-0.2, -0.15) is 0 Å². The third-order valence-electron chi connectivity index (χ3n) is 4.07. The average molecular weight is 342 g/mol. The Hall–Kier alpha value is -0.440. The summed E-state index contributed by atoms with van der Waals surface area (Å²) >= 11 is 0. The lowest BCUT2D eigenvalue weighted by atomic mass is 9.99. The highest BCUT2D eigenvalue weighted by molar-refractivity contribution is 4.98. The van der Waals surface area contributed by atoms with Crippen molar-refractivity contribution < 1.29 is 55.1 Å². The maximum absolute atomic E-state index is 10.00. The predicted octanol–water partition coefficient (Wildman–Crippen LogP) is -5.40. The molecule has 0 aromatic carbocycles. The Morgan fingerprint density at radius 3 is 1.87 bits per heavy atom. The molecule has 0 unspecified atom stereocenters. The lowest BCUT2D eigenvalue weighted by molar-refractivity contribution is -0.383. The Kier molecular flexibility index (Phi) is 5.92. The molecule has 2 aliphatic heterocycles. The van der Waals surface area contributed by atoms with Crippen LogP contribution >= 0.6 is 0 Å². The van der Waals surface area contributed by atoms with E-state index in [0.717, 1.165) is 0 Å². The highest BCUT2D eigenvalue weighted by Crippen LogP contribution is 2.35. The van der Waals surface area contributed by atoms with Gasteiger partial charge in [-0.25, -0.2) is 0 Å². The van der Waals surface area contributed by atoms with Crippen LogP contribution < -0.4 is 0 Å². The predicted molar refractivity (Wildman–Crippen MR) is 68.6 cm³/mol. The Bertz CT molecular complexity index is 393. The molecule has 0 aliphatic carbocycles. The first-order chi connectivity index (χ1) is 10.8. The van der Waals surface area contributed by atoms with Gasteiger partial charge in [-0.15, -0.1) is 0 Å². The normalized spacial score (nSPS) is 51.1. The van der Waals surface area contributed by atoms with E-state index in [0.29, 0.717) is 0 Å². The highest BCUT2D eigenvalue weighted by Gasteiger charge is 2.58. The van der Waals surface area contributed by atoms with Gasteiger partial charge in [0.05, 0.1) is 13.2 Å². The van der Waals surface area contributed by atoms with Crippen LogP contribution in [-0.4, -0.2) is 115 Å². The van der Waals surface area contributed by atoms with Crippen LogP contribution in [0.1, 0.15) is 0 Å². The molecule has 23 heavy (non-hydrogen) atoms. The number of aliphatic hydroxyl groups excluding tert-OH is 8. The molecule has 0 spiro atoms. The summed E-state index contributed by atoms with van der Waals surface area (Å²) in [5, 5.41) is 76.7. The van der Waals surface area contributed by atoms with Crippen LogP contribution in [0, 0.1) is 0 Å². The standard InChI is InChI=1S/C12H22O11/c13-1-4-6(16)8(18)9(19)11(21-4)23-12(3-15)10(20)7(17)5(2-14)22-12/h4-11,13-20H,1-3H2/t4-,5+,6+,7+,8+,9-,10-,11-,12-/m0/s1. The van der Waals surface area contributed by atoms with Crippen LogP contribution in [0.3, 0.4) is 0 Å². The molecule has 0 saturated carbocycles. The van der Waals surface area contributed by atoms with Crippen molar-refractivity contribution >= 4 is 0 Å². The molecule has 2 aliphatic rings. The van der Waals surface area contributed by atoms with Crippen molar-refractivity contribution in [2.24, 2.45) is 0 Å². The molecule has 2 heterocycles. The van der Waals surface area contributed by atoms with Crippen LogP contribution in [0.15, 0.2) is 0 Å². The summed E-state index contributed by atoms with van der Waals surface area (Å²) in [4.78, 5) is 0. The molecule has 2 saturated heterocycles. The fourth-order valence-corrected chi connectivity index (χ4v) is 2.63. The van der Waals surface area contributed by atoms with Crippen molar-refractivity contribution in [2.45, 2.75) is 54.8 Å². The summed E-state index contributed by atoms with van der Waals surface area (Å²) in [5.74, 6) is -2.22.